The van der Waals surface area contributed by atoms with E-state index in [1.807, 2.05) is 6.92 Å². The van der Waals surface area contributed by atoms with Crippen LogP contribution in [0.4, 0.5) is 10.5 Å². The monoisotopic (exact) mass is 266 g/mol. The average molecular weight is 266 g/mol. The number of carboxylic acid groups (broad SMARTS) is 1. The Bertz CT molecular complexity index is 448. The first kappa shape index (κ1) is 15.0. The molecule has 0 saturated carbocycles. The van der Waals surface area contributed by atoms with Gasteiger partial charge in [0, 0.05) is 19.8 Å². The average Bonchev–Trinajstić information content (AvgIpc) is 2.36. The zero-order chi connectivity index (χ0) is 14.3. The van der Waals surface area contributed by atoms with E-state index in [0.29, 0.717) is 13.0 Å². The quantitative estimate of drug-likeness (QED) is 0.734. The fourth-order valence-corrected chi connectivity index (χ4v) is 1.53. The number of benzene rings is 1. The minimum absolute atomic E-state index is 0.0576. The van der Waals surface area contributed by atoms with Gasteiger partial charge in [0.25, 0.3) is 0 Å². The van der Waals surface area contributed by atoms with Gasteiger partial charge in [0.15, 0.2) is 0 Å². The van der Waals surface area contributed by atoms with Crippen LogP contribution >= 0.6 is 0 Å². The van der Waals surface area contributed by atoms with E-state index in [0.717, 1.165) is 0 Å². The van der Waals surface area contributed by atoms with Crippen LogP contribution in [0.1, 0.15) is 23.7 Å². The Morgan fingerprint density at radius 3 is 2.68 bits per heavy atom. The topological polar surface area (TPSA) is 87.7 Å². The van der Waals surface area contributed by atoms with Crippen LogP contribution < -0.4 is 10.6 Å². The van der Waals surface area contributed by atoms with Gasteiger partial charge in [-0.25, -0.2) is 9.59 Å². The Kier molecular flexibility index (Phi) is 5.81. The fourth-order valence-electron chi connectivity index (χ4n) is 1.53. The van der Waals surface area contributed by atoms with Crippen molar-refractivity contribution >= 4 is 17.7 Å². The van der Waals surface area contributed by atoms with E-state index in [-0.39, 0.29) is 17.3 Å². The van der Waals surface area contributed by atoms with E-state index in [4.69, 9.17) is 9.84 Å². The van der Waals surface area contributed by atoms with Crippen molar-refractivity contribution in [3.63, 3.8) is 0 Å². The summed E-state index contributed by atoms with van der Waals surface area (Å²) in [6.07, 6.45) is 0.685. The molecule has 6 heteroatoms. The lowest BCUT2D eigenvalue weighted by Crippen LogP contribution is -2.37. The number of nitrogens with one attached hydrogen (secondary N) is 2. The fraction of sp³-hybridized carbons (Fsp3) is 0.385. The number of ether oxygens (including phenoxy) is 1. The maximum absolute atomic E-state index is 11.7. The third-order valence-corrected chi connectivity index (χ3v) is 2.54. The maximum atomic E-state index is 11.7. The first-order valence-corrected chi connectivity index (χ1v) is 5.93. The molecule has 0 fully saturated rings. The van der Waals surface area contributed by atoms with Crippen molar-refractivity contribution < 1.29 is 19.4 Å². The highest BCUT2D eigenvalue weighted by Gasteiger charge is 2.12. The lowest BCUT2D eigenvalue weighted by Gasteiger charge is -2.15. The van der Waals surface area contributed by atoms with Gasteiger partial charge in [0.2, 0.25) is 0 Å². The van der Waals surface area contributed by atoms with Crippen LogP contribution in [0, 0.1) is 0 Å². The highest BCUT2D eigenvalue weighted by atomic mass is 16.5. The summed E-state index contributed by atoms with van der Waals surface area (Å²) in [6, 6.07) is 5.76. The lowest BCUT2D eigenvalue weighted by atomic mass is 10.2. The molecule has 0 aliphatic heterocycles. The molecule has 0 spiro atoms. The summed E-state index contributed by atoms with van der Waals surface area (Å²) < 4.78 is 4.91. The first-order valence-electron chi connectivity index (χ1n) is 5.93. The zero-order valence-corrected chi connectivity index (χ0v) is 11.0. The van der Waals surface area contributed by atoms with Crippen molar-refractivity contribution in [2.75, 3.05) is 19.0 Å². The molecule has 1 aromatic carbocycles. The van der Waals surface area contributed by atoms with Gasteiger partial charge >= 0.3 is 12.0 Å². The van der Waals surface area contributed by atoms with E-state index < -0.39 is 12.0 Å². The molecule has 1 aromatic rings. The molecule has 0 bridgehead atoms. The second kappa shape index (κ2) is 7.38. The minimum atomic E-state index is -1.08. The van der Waals surface area contributed by atoms with Crippen molar-refractivity contribution in [3.05, 3.63) is 29.8 Å². The van der Waals surface area contributed by atoms with Crippen molar-refractivity contribution in [1.29, 1.82) is 0 Å². The van der Waals surface area contributed by atoms with Crippen molar-refractivity contribution in [1.82, 2.24) is 5.32 Å². The minimum Gasteiger partial charge on any atom is -0.478 e. The first-order chi connectivity index (χ1) is 9.04. The molecule has 19 heavy (non-hydrogen) atoms. The van der Waals surface area contributed by atoms with Gasteiger partial charge in [-0.3, -0.25) is 0 Å². The normalized spacial score (nSPS) is 11.7. The molecule has 0 aromatic heterocycles. The molecule has 1 unspecified atom stereocenters. The highest BCUT2D eigenvalue weighted by Crippen LogP contribution is 2.14. The second-order valence-corrected chi connectivity index (χ2v) is 4.13. The van der Waals surface area contributed by atoms with Gasteiger partial charge in [-0.15, -0.1) is 0 Å². The number of urea groups is 1. The largest absolute Gasteiger partial charge is 0.478 e. The van der Waals surface area contributed by atoms with Gasteiger partial charge in [-0.1, -0.05) is 12.1 Å². The molecular formula is C13H18N2O4. The van der Waals surface area contributed by atoms with Crippen LogP contribution in [-0.2, 0) is 4.74 Å². The molecular weight excluding hydrogens is 248 g/mol. The second-order valence-electron chi connectivity index (χ2n) is 4.13. The van der Waals surface area contributed by atoms with Crippen LogP contribution in [0.25, 0.3) is 0 Å². The summed E-state index contributed by atoms with van der Waals surface area (Å²) >= 11 is 0. The van der Waals surface area contributed by atoms with E-state index in [1.165, 1.54) is 6.07 Å². The van der Waals surface area contributed by atoms with E-state index in [1.54, 1.807) is 25.3 Å². The molecule has 3 N–H and O–H groups in total. The molecule has 6 nitrogen and oxygen atoms in total. The number of rotatable bonds is 6. The Morgan fingerprint density at radius 1 is 1.37 bits per heavy atom. The molecule has 1 rings (SSSR count). The predicted octanol–water partition coefficient (Wildman–Crippen LogP) is 1.93. The summed E-state index contributed by atoms with van der Waals surface area (Å²) in [5, 5.41) is 14.2. The smallest absolute Gasteiger partial charge is 0.337 e. The van der Waals surface area contributed by atoms with E-state index in [9.17, 15) is 9.59 Å². The molecule has 104 valence electrons. The van der Waals surface area contributed by atoms with Gasteiger partial charge in [0.05, 0.1) is 11.3 Å². The Balaban J connectivity index is 2.60. The number of hydrogen-bond acceptors (Lipinski definition) is 3. The van der Waals surface area contributed by atoms with Gasteiger partial charge in [-0.2, -0.15) is 0 Å². The summed E-state index contributed by atoms with van der Waals surface area (Å²) in [7, 11) is 1.59. The third-order valence-electron chi connectivity index (χ3n) is 2.54. The Hall–Kier alpha value is -2.08. The summed E-state index contributed by atoms with van der Waals surface area (Å²) in [5.74, 6) is -1.08. The number of aromatic carboxylic acids is 1. The molecule has 0 saturated heterocycles. The van der Waals surface area contributed by atoms with Crippen LogP contribution in [0.15, 0.2) is 24.3 Å². The lowest BCUT2D eigenvalue weighted by molar-refractivity contribution is 0.0698. The number of carboxylic acids is 1. The third kappa shape index (κ3) is 4.97. The molecule has 0 heterocycles. The zero-order valence-electron chi connectivity index (χ0n) is 11.0. The Labute approximate surface area is 111 Å². The number of carbonyl (C=O) groups is 2. The van der Waals surface area contributed by atoms with Crippen LogP contribution in [0.2, 0.25) is 0 Å². The summed E-state index contributed by atoms with van der Waals surface area (Å²) in [6.45, 7) is 2.40. The molecule has 2 amide bonds. The van der Waals surface area contributed by atoms with Crippen LogP contribution in [0.3, 0.4) is 0 Å². The van der Waals surface area contributed by atoms with Gasteiger partial charge < -0.3 is 20.5 Å². The van der Waals surface area contributed by atoms with E-state index >= 15 is 0 Å². The number of anilines is 1. The van der Waals surface area contributed by atoms with Crippen molar-refractivity contribution in [3.8, 4) is 0 Å². The van der Waals surface area contributed by atoms with Gasteiger partial charge in [-0.05, 0) is 25.5 Å². The maximum Gasteiger partial charge on any atom is 0.337 e. The number of methoxy groups -OCH3 is 1. The highest BCUT2D eigenvalue weighted by molar-refractivity contribution is 5.99. The number of amides is 2. The Morgan fingerprint density at radius 2 is 2.05 bits per heavy atom. The number of para-hydroxylation sites is 1. The predicted molar refractivity (Wildman–Crippen MR) is 71.5 cm³/mol. The van der Waals surface area contributed by atoms with Crippen molar-refractivity contribution in [2.45, 2.75) is 19.4 Å². The van der Waals surface area contributed by atoms with Gasteiger partial charge in [0.1, 0.15) is 0 Å². The summed E-state index contributed by atoms with van der Waals surface area (Å²) in [5.41, 5.74) is 0.327. The van der Waals surface area contributed by atoms with E-state index in [2.05, 4.69) is 10.6 Å². The molecule has 0 aliphatic carbocycles. The van der Waals surface area contributed by atoms with Crippen LogP contribution in [0.5, 0.6) is 0 Å². The standard InChI is InChI=1S/C13H18N2O4/c1-9(7-8-19-2)14-13(18)15-11-6-4-3-5-10(11)12(16)17/h3-6,9H,7-8H2,1-2H3,(H,16,17)(H2,14,15,18). The SMILES string of the molecule is COCCC(C)NC(=O)Nc1ccccc1C(=O)O. The van der Waals surface area contributed by atoms with Crippen molar-refractivity contribution in [2.24, 2.45) is 0 Å². The number of carbonyl (C=O) groups excluding carboxylic acids is 1. The van der Waals surface area contributed by atoms with Crippen LogP contribution in [-0.4, -0.2) is 36.9 Å². The molecule has 0 aliphatic rings. The molecule has 1 atom stereocenters. The summed E-state index contributed by atoms with van der Waals surface area (Å²) in [4.78, 5) is 22.7. The molecule has 0 radical (unpaired) electrons. The number of hydrogen-bond donors (Lipinski definition) is 3.